The van der Waals surface area contributed by atoms with E-state index in [9.17, 15) is 18.0 Å². The molecule has 0 aliphatic carbocycles. The molecule has 28 heavy (non-hydrogen) atoms. The highest BCUT2D eigenvalue weighted by Crippen LogP contribution is 2.29. The van der Waals surface area contributed by atoms with Crippen LogP contribution in [0, 0.1) is 5.92 Å². The van der Waals surface area contributed by atoms with Crippen molar-refractivity contribution in [1.82, 2.24) is 29.7 Å². The van der Waals surface area contributed by atoms with Gasteiger partial charge in [-0.2, -0.15) is 13.2 Å². The van der Waals surface area contributed by atoms with Crippen molar-refractivity contribution < 1.29 is 18.0 Å². The number of halogens is 3. The minimum absolute atomic E-state index is 0.0225. The summed E-state index contributed by atoms with van der Waals surface area (Å²) in [5, 5.41) is 2.64. The highest BCUT2D eigenvalue weighted by Gasteiger charge is 2.33. The number of carbonyl (C=O) groups excluding carboxylic acids is 1. The molecule has 1 aliphatic rings. The molecule has 3 aromatic rings. The quantitative estimate of drug-likeness (QED) is 0.732. The molecule has 4 heterocycles. The van der Waals surface area contributed by atoms with E-state index in [2.05, 4.69) is 25.3 Å². The Bertz CT molecular complexity index is 1030. The fourth-order valence-electron chi connectivity index (χ4n) is 3.24. The van der Waals surface area contributed by atoms with Gasteiger partial charge in [0.2, 0.25) is 5.91 Å². The fourth-order valence-corrected chi connectivity index (χ4v) is 3.24. The van der Waals surface area contributed by atoms with Crippen LogP contribution < -0.4 is 10.2 Å². The summed E-state index contributed by atoms with van der Waals surface area (Å²) in [7, 11) is 1.60. The van der Waals surface area contributed by atoms with E-state index in [1.165, 1.54) is 16.8 Å². The van der Waals surface area contributed by atoms with Crippen molar-refractivity contribution in [3.8, 4) is 11.5 Å². The predicted molar refractivity (Wildman–Crippen MR) is 93.4 cm³/mol. The van der Waals surface area contributed by atoms with E-state index in [1.54, 1.807) is 13.1 Å². The first-order chi connectivity index (χ1) is 13.4. The zero-order valence-electron chi connectivity index (χ0n) is 14.8. The maximum atomic E-state index is 13.0. The molecule has 8 nitrogen and oxygen atoms in total. The zero-order valence-corrected chi connectivity index (χ0v) is 14.8. The van der Waals surface area contributed by atoms with Crippen molar-refractivity contribution in [3.63, 3.8) is 0 Å². The summed E-state index contributed by atoms with van der Waals surface area (Å²) >= 11 is 0. The number of aromatic nitrogens is 5. The number of carbonyl (C=O) groups is 1. The minimum Gasteiger partial charge on any atom is -0.359 e. The molecule has 146 valence electrons. The first-order valence-corrected chi connectivity index (χ1v) is 8.57. The van der Waals surface area contributed by atoms with E-state index < -0.39 is 11.9 Å². The van der Waals surface area contributed by atoms with E-state index in [1.807, 2.05) is 4.90 Å². The minimum atomic E-state index is -4.57. The van der Waals surface area contributed by atoms with Crippen LogP contribution in [0.5, 0.6) is 0 Å². The lowest BCUT2D eigenvalue weighted by molar-refractivity contribution is -0.141. The Morgan fingerprint density at radius 2 is 2.07 bits per heavy atom. The zero-order chi connectivity index (χ0) is 19.9. The summed E-state index contributed by atoms with van der Waals surface area (Å²) < 4.78 is 40.2. The van der Waals surface area contributed by atoms with Crippen molar-refractivity contribution in [2.24, 2.45) is 5.92 Å². The highest BCUT2D eigenvalue weighted by molar-refractivity contribution is 5.79. The fraction of sp³-hybridized carbons (Fsp3) is 0.353. The molecule has 1 fully saturated rings. The monoisotopic (exact) mass is 391 g/mol. The molecule has 1 saturated heterocycles. The second-order valence-corrected chi connectivity index (χ2v) is 6.43. The van der Waals surface area contributed by atoms with Crippen LogP contribution in [0.3, 0.4) is 0 Å². The first kappa shape index (κ1) is 18.1. The Kier molecular flexibility index (Phi) is 4.36. The highest BCUT2D eigenvalue weighted by atomic mass is 19.4. The average molecular weight is 391 g/mol. The van der Waals surface area contributed by atoms with Crippen molar-refractivity contribution >= 4 is 17.4 Å². The van der Waals surface area contributed by atoms with Gasteiger partial charge in [0, 0.05) is 32.5 Å². The second kappa shape index (κ2) is 6.73. The number of alkyl halides is 3. The average Bonchev–Trinajstić information content (AvgIpc) is 3.33. The molecule has 3 aromatic heterocycles. The number of rotatable bonds is 3. The normalized spacial score (nSPS) is 17.3. The molecule has 0 aromatic carbocycles. The maximum absolute atomic E-state index is 13.0. The van der Waals surface area contributed by atoms with Gasteiger partial charge >= 0.3 is 6.18 Å². The summed E-state index contributed by atoms with van der Waals surface area (Å²) in [4.78, 5) is 29.9. The van der Waals surface area contributed by atoms with Crippen molar-refractivity contribution in [2.75, 3.05) is 25.0 Å². The molecule has 1 aliphatic heterocycles. The van der Waals surface area contributed by atoms with Gasteiger partial charge in [0.25, 0.3) is 0 Å². The van der Waals surface area contributed by atoms with E-state index in [0.717, 1.165) is 12.4 Å². The Morgan fingerprint density at radius 3 is 2.82 bits per heavy atom. The molecule has 0 spiro atoms. The Balaban J connectivity index is 1.68. The topological polar surface area (TPSA) is 88.3 Å². The standard InChI is InChI=1S/C17H16F3N7O/c1-21-16(28)10-3-5-26(8-10)13-2-4-22-15(25-13)11-6-24-14-7-23-12(9-27(11)14)17(18,19)20/h2,4,6-7,9-10H,3,5,8H2,1H3,(H,21,28). The smallest absolute Gasteiger partial charge is 0.359 e. The number of imidazole rings is 1. The van der Waals surface area contributed by atoms with Crippen LogP contribution in [0.4, 0.5) is 19.0 Å². The van der Waals surface area contributed by atoms with Crippen LogP contribution in [0.1, 0.15) is 12.1 Å². The summed E-state index contributed by atoms with van der Waals surface area (Å²) in [5.41, 5.74) is -0.437. The van der Waals surface area contributed by atoms with Crippen LogP contribution in [-0.2, 0) is 11.0 Å². The van der Waals surface area contributed by atoms with Gasteiger partial charge in [0.15, 0.2) is 17.2 Å². The van der Waals surface area contributed by atoms with Gasteiger partial charge in [-0.1, -0.05) is 0 Å². The van der Waals surface area contributed by atoms with Gasteiger partial charge in [0.05, 0.1) is 18.3 Å². The molecule has 1 unspecified atom stereocenters. The van der Waals surface area contributed by atoms with Crippen molar-refractivity contribution in [2.45, 2.75) is 12.6 Å². The van der Waals surface area contributed by atoms with Gasteiger partial charge in [-0.05, 0) is 12.5 Å². The second-order valence-electron chi connectivity index (χ2n) is 6.43. The van der Waals surface area contributed by atoms with E-state index in [4.69, 9.17) is 0 Å². The van der Waals surface area contributed by atoms with Crippen molar-refractivity contribution in [1.29, 1.82) is 0 Å². The van der Waals surface area contributed by atoms with Gasteiger partial charge in [0.1, 0.15) is 11.5 Å². The number of hydrogen-bond donors (Lipinski definition) is 1. The third-order valence-electron chi connectivity index (χ3n) is 4.69. The van der Waals surface area contributed by atoms with E-state index in [-0.39, 0.29) is 23.3 Å². The third-order valence-corrected chi connectivity index (χ3v) is 4.69. The molecule has 0 bridgehead atoms. The Hall–Kier alpha value is -3.24. The van der Waals surface area contributed by atoms with Crippen LogP contribution in [0.2, 0.25) is 0 Å². The van der Waals surface area contributed by atoms with Gasteiger partial charge in [-0.3, -0.25) is 9.20 Å². The number of anilines is 1. The molecular weight excluding hydrogens is 375 g/mol. The lowest BCUT2D eigenvalue weighted by Crippen LogP contribution is -2.30. The number of amides is 1. The first-order valence-electron chi connectivity index (χ1n) is 8.57. The van der Waals surface area contributed by atoms with E-state index in [0.29, 0.717) is 31.0 Å². The molecule has 0 saturated carbocycles. The van der Waals surface area contributed by atoms with E-state index >= 15 is 0 Å². The number of fused-ring (bicyclic) bond motifs is 1. The molecule has 1 N–H and O–H groups in total. The van der Waals surface area contributed by atoms with Crippen LogP contribution in [-0.4, -0.2) is 50.4 Å². The third kappa shape index (κ3) is 3.23. The predicted octanol–water partition coefficient (Wildman–Crippen LogP) is 1.78. The molecular formula is C17H16F3N7O. The summed E-state index contributed by atoms with van der Waals surface area (Å²) in [6.07, 6.45) is 1.03. The number of hydrogen-bond acceptors (Lipinski definition) is 6. The summed E-state index contributed by atoms with van der Waals surface area (Å²) in [6, 6.07) is 1.71. The summed E-state index contributed by atoms with van der Waals surface area (Å²) in [5.74, 6) is 0.703. The van der Waals surface area contributed by atoms with Crippen LogP contribution in [0.25, 0.3) is 17.2 Å². The SMILES string of the molecule is CNC(=O)C1CCN(c2ccnc(-c3cnc4cnc(C(F)(F)F)cn34)n2)C1. The van der Waals surface area contributed by atoms with Crippen molar-refractivity contribution in [3.05, 3.63) is 36.5 Å². The Labute approximate surface area is 157 Å². The lowest BCUT2D eigenvalue weighted by Gasteiger charge is -2.17. The molecule has 1 amide bonds. The van der Waals surface area contributed by atoms with Gasteiger partial charge in [-0.15, -0.1) is 0 Å². The summed E-state index contributed by atoms with van der Waals surface area (Å²) in [6.45, 7) is 1.18. The van der Waals surface area contributed by atoms with Gasteiger partial charge < -0.3 is 10.2 Å². The largest absolute Gasteiger partial charge is 0.434 e. The van der Waals surface area contributed by atoms with Gasteiger partial charge in [-0.25, -0.2) is 19.9 Å². The van der Waals surface area contributed by atoms with Crippen LogP contribution in [0.15, 0.2) is 30.9 Å². The molecule has 4 rings (SSSR count). The molecule has 11 heteroatoms. The maximum Gasteiger partial charge on any atom is 0.434 e. The molecule has 0 radical (unpaired) electrons. The molecule has 1 atom stereocenters. The number of nitrogens with one attached hydrogen (secondary N) is 1. The number of nitrogens with zero attached hydrogens (tertiary/aromatic N) is 6. The lowest BCUT2D eigenvalue weighted by atomic mass is 10.1. The Morgan fingerprint density at radius 1 is 1.25 bits per heavy atom. The van der Waals surface area contributed by atoms with Crippen LogP contribution >= 0.6 is 0 Å².